The third-order valence-electron chi connectivity index (χ3n) is 2.94. The Kier molecular flexibility index (Phi) is 4.84. The molecule has 0 aromatic heterocycles. The number of hydrogen-bond acceptors (Lipinski definition) is 7. The third-order valence-corrected chi connectivity index (χ3v) is 4.04. The summed E-state index contributed by atoms with van der Waals surface area (Å²) in [7, 11) is -3.80. The van der Waals surface area contributed by atoms with E-state index in [1.807, 2.05) is 0 Å². The smallest absolute Gasteiger partial charge is 0.300 e. The van der Waals surface area contributed by atoms with E-state index in [1.54, 1.807) is 13.8 Å². The summed E-state index contributed by atoms with van der Waals surface area (Å²) in [6, 6.07) is 1.71. The van der Waals surface area contributed by atoms with E-state index < -0.39 is 36.0 Å². The Balaban J connectivity index is 3.83. The van der Waals surface area contributed by atoms with Gasteiger partial charge in [-0.3, -0.25) is 20.2 Å². The minimum Gasteiger partial charge on any atom is -0.361 e. The molecule has 1 aromatic carbocycles. The highest BCUT2D eigenvalue weighted by atomic mass is 32.2. The average Bonchev–Trinajstić information content (AvgIpc) is 2.38. The van der Waals surface area contributed by atoms with Gasteiger partial charge in [-0.25, -0.2) is 8.42 Å². The van der Waals surface area contributed by atoms with Gasteiger partial charge >= 0.3 is 11.4 Å². The van der Waals surface area contributed by atoms with Crippen LogP contribution in [0.2, 0.25) is 0 Å². The molecular formula is C11H15N3O6S. The zero-order valence-corrected chi connectivity index (χ0v) is 12.6. The number of nitro groups is 2. The van der Waals surface area contributed by atoms with Crippen molar-refractivity contribution in [1.82, 2.24) is 0 Å². The van der Waals surface area contributed by atoms with Crippen molar-refractivity contribution >= 4 is 26.9 Å². The zero-order chi connectivity index (χ0) is 16.4. The molecule has 0 spiro atoms. The van der Waals surface area contributed by atoms with E-state index in [0.717, 1.165) is 18.4 Å². The molecule has 21 heavy (non-hydrogen) atoms. The standard InChI is InChI=1S/C11H15N3O6S/c1-4-12(5-2)11-9(13(15)16)6-8(21(3,19)20)7-10(11)14(17)18/h6-7H,4-5H2,1-3H3. The van der Waals surface area contributed by atoms with Crippen LogP contribution in [0, 0.1) is 20.2 Å². The van der Waals surface area contributed by atoms with Crippen LogP contribution in [0.1, 0.15) is 13.8 Å². The van der Waals surface area contributed by atoms with E-state index >= 15 is 0 Å². The molecule has 1 rings (SSSR count). The van der Waals surface area contributed by atoms with E-state index in [9.17, 15) is 28.6 Å². The van der Waals surface area contributed by atoms with Crippen molar-refractivity contribution in [1.29, 1.82) is 0 Å². The van der Waals surface area contributed by atoms with Crippen LogP contribution >= 0.6 is 0 Å². The number of sulfone groups is 1. The van der Waals surface area contributed by atoms with Crippen molar-refractivity contribution in [2.75, 3.05) is 24.2 Å². The van der Waals surface area contributed by atoms with Gasteiger partial charge in [-0.2, -0.15) is 0 Å². The minimum absolute atomic E-state index is 0.178. The predicted octanol–water partition coefficient (Wildman–Crippen LogP) is 1.75. The number of nitro benzene ring substituents is 2. The van der Waals surface area contributed by atoms with Crippen LogP contribution in [-0.4, -0.2) is 37.6 Å². The highest BCUT2D eigenvalue weighted by Gasteiger charge is 2.31. The maximum absolute atomic E-state index is 11.5. The van der Waals surface area contributed by atoms with Gasteiger partial charge in [-0.05, 0) is 13.8 Å². The highest BCUT2D eigenvalue weighted by molar-refractivity contribution is 7.90. The van der Waals surface area contributed by atoms with Crippen LogP contribution in [-0.2, 0) is 9.84 Å². The molecule has 0 atom stereocenters. The summed E-state index contributed by atoms with van der Waals surface area (Å²) in [5.41, 5.74) is -1.36. The molecule has 1 aromatic rings. The van der Waals surface area contributed by atoms with Gasteiger partial charge in [0.15, 0.2) is 15.5 Å². The van der Waals surface area contributed by atoms with Crippen molar-refractivity contribution in [3.8, 4) is 0 Å². The van der Waals surface area contributed by atoms with Gasteiger partial charge < -0.3 is 4.90 Å². The maximum atomic E-state index is 11.5. The van der Waals surface area contributed by atoms with E-state index in [0.29, 0.717) is 13.1 Å². The quantitative estimate of drug-likeness (QED) is 0.578. The first-order chi connectivity index (χ1) is 9.63. The first-order valence-electron chi connectivity index (χ1n) is 6.05. The van der Waals surface area contributed by atoms with E-state index in [-0.39, 0.29) is 5.69 Å². The lowest BCUT2D eigenvalue weighted by molar-refractivity contribution is -0.393. The molecule has 0 aliphatic carbocycles. The van der Waals surface area contributed by atoms with Gasteiger partial charge in [0.2, 0.25) is 0 Å². The molecule has 116 valence electrons. The lowest BCUT2D eigenvalue weighted by Gasteiger charge is -2.20. The summed E-state index contributed by atoms with van der Waals surface area (Å²) in [5, 5.41) is 22.3. The molecule has 0 fully saturated rings. The largest absolute Gasteiger partial charge is 0.361 e. The lowest BCUT2D eigenvalue weighted by Crippen LogP contribution is -2.24. The maximum Gasteiger partial charge on any atom is 0.300 e. The second kappa shape index (κ2) is 6.04. The average molecular weight is 317 g/mol. The first kappa shape index (κ1) is 16.8. The molecule has 0 aliphatic heterocycles. The van der Waals surface area contributed by atoms with Crippen LogP contribution in [0.3, 0.4) is 0 Å². The topological polar surface area (TPSA) is 124 Å². The number of rotatable bonds is 6. The summed E-state index contributed by atoms with van der Waals surface area (Å²) < 4.78 is 23.1. The van der Waals surface area contributed by atoms with Crippen LogP contribution < -0.4 is 4.90 Å². The Labute approximate surface area is 121 Å². The molecule has 0 aliphatic rings. The number of benzene rings is 1. The molecular weight excluding hydrogens is 302 g/mol. The fourth-order valence-electron chi connectivity index (χ4n) is 1.94. The van der Waals surface area contributed by atoms with Gasteiger partial charge in [0, 0.05) is 31.5 Å². The van der Waals surface area contributed by atoms with E-state index in [4.69, 9.17) is 0 Å². The molecule has 0 amide bonds. The van der Waals surface area contributed by atoms with Crippen LogP contribution in [0.4, 0.5) is 17.1 Å². The van der Waals surface area contributed by atoms with Gasteiger partial charge in [0.25, 0.3) is 0 Å². The summed E-state index contributed by atoms with van der Waals surface area (Å²) in [6.07, 6.45) is 0.840. The Morgan fingerprint density at radius 3 is 1.67 bits per heavy atom. The lowest BCUT2D eigenvalue weighted by atomic mass is 10.2. The molecule has 0 saturated carbocycles. The summed E-state index contributed by atoms with van der Waals surface area (Å²) in [6.45, 7) is 4.02. The van der Waals surface area contributed by atoms with Crippen LogP contribution in [0.15, 0.2) is 17.0 Å². The fraction of sp³-hybridized carbons (Fsp3) is 0.455. The highest BCUT2D eigenvalue weighted by Crippen LogP contribution is 2.39. The summed E-state index contributed by atoms with van der Waals surface area (Å²) in [4.78, 5) is 21.7. The minimum atomic E-state index is -3.80. The Hall–Kier alpha value is -2.23. The SMILES string of the molecule is CCN(CC)c1c([N+](=O)[O-])cc(S(C)(=O)=O)cc1[N+](=O)[O-]. The number of nitrogens with zero attached hydrogens (tertiary/aromatic N) is 3. The molecule has 0 radical (unpaired) electrons. The van der Waals surface area contributed by atoms with Crippen molar-refractivity contribution in [2.24, 2.45) is 0 Å². The second-order valence-electron chi connectivity index (χ2n) is 4.27. The Bertz CT molecular complexity index is 646. The van der Waals surface area contributed by atoms with Crippen LogP contribution in [0.25, 0.3) is 0 Å². The van der Waals surface area contributed by atoms with Gasteiger partial charge in [0.05, 0.1) is 14.7 Å². The number of anilines is 1. The van der Waals surface area contributed by atoms with E-state index in [1.165, 1.54) is 4.90 Å². The Morgan fingerprint density at radius 1 is 1.05 bits per heavy atom. The number of hydrogen-bond donors (Lipinski definition) is 0. The normalized spacial score (nSPS) is 11.2. The van der Waals surface area contributed by atoms with Gasteiger partial charge in [0.1, 0.15) is 0 Å². The zero-order valence-electron chi connectivity index (χ0n) is 11.8. The monoisotopic (exact) mass is 317 g/mol. The second-order valence-corrected chi connectivity index (χ2v) is 6.28. The van der Waals surface area contributed by atoms with E-state index in [2.05, 4.69) is 0 Å². The fourth-order valence-corrected chi connectivity index (χ4v) is 2.59. The van der Waals surface area contributed by atoms with Crippen molar-refractivity contribution in [3.63, 3.8) is 0 Å². The molecule has 9 nitrogen and oxygen atoms in total. The van der Waals surface area contributed by atoms with Crippen molar-refractivity contribution in [2.45, 2.75) is 18.7 Å². The summed E-state index contributed by atoms with van der Waals surface area (Å²) >= 11 is 0. The Morgan fingerprint density at radius 2 is 1.43 bits per heavy atom. The molecule has 0 saturated heterocycles. The molecule has 0 heterocycles. The molecule has 0 bridgehead atoms. The van der Waals surface area contributed by atoms with Crippen LogP contribution in [0.5, 0.6) is 0 Å². The third kappa shape index (κ3) is 3.45. The predicted molar refractivity (Wildman–Crippen MR) is 76.4 cm³/mol. The molecule has 10 heteroatoms. The van der Waals surface area contributed by atoms with Gasteiger partial charge in [-0.15, -0.1) is 0 Å². The van der Waals surface area contributed by atoms with Crippen molar-refractivity contribution in [3.05, 3.63) is 32.4 Å². The first-order valence-corrected chi connectivity index (χ1v) is 7.94. The van der Waals surface area contributed by atoms with Crippen molar-refractivity contribution < 1.29 is 18.3 Å². The van der Waals surface area contributed by atoms with Gasteiger partial charge in [-0.1, -0.05) is 0 Å². The molecule has 0 N–H and O–H groups in total. The molecule has 0 unspecified atom stereocenters. The summed E-state index contributed by atoms with van der Waals surface area (Å²) in [5.74, 6) is 0.